The third-order valence-corrected chi connectivity index (χ3v) is 3.36. The number of hydrogen-bond acceptors (Lipinski definition) is 3. The van der Waals surface area contributed by atoms with Crippen LogP contribution >= 0.6 is 0 Å². The van der Waals surface area contributed by atoms with E-state index in [-0.39, 0.29) is 12.3 Å². The molecule has 0 saturated heterocycles. The largest absolute Gasteiger partial charge is 0.489 e. The molecule has 21 heavy (non-hydrogen) atoms. The highest BCUT2D eigenvalue weighted by Gasteiger charge is 2.08. The van der Waals surface area contributed by atoms with Gasteiger partial charge in [-0.25, -0.2) is 5.84 Å². The predicted octanol–water partition coefficient (Wildman–Crippen LogP) is 2.41. The third-order valence-electron chi connectivity index (χ3n) is 3.36. The number of benzene rings is 2. The molecule has 4 heteroatoms. The second kappa shape index (κ2) is 6.90. The van der Waals surface area contributed by atoms with Gasteiger partial charge in [0.05, 0.1) is 6.42 Å². The van der Waals surface area contributed by atoms with Crippen LogP contribution in [0, 0.1) is 13.8 Å². The first kappa shape index (κ1) is 15.1. The van der Waals surface area contributed by atoms with E-state index in [0.29, 0.717) is 6.61 Å². The van der Waals surface area contributed by atoms with E-state index in [1.165, 1.54) is 0 Å². The van der Waals surface area contributed by atoms with E-state index in [1.54, 1.807) is 0 Å². The van der Waals surface area contributed by atoms with E-state index in [2.05, 4.69) is 11.5 Å². The number of aryl methyl sites for hydroxylation is 2. The Hall–Kier alpha value is -2.33. The summed E-state index contributed by atoms with van der Waals surface area (Å²) in [5.41, 5.74) is 6.32. The van der Waals surface area contributed by atoms with Crippen LogP contribution in [-0.2, 0) is 17.8 Å². The van der Waals surface area contributed by atoms with Crippen molar-refractivity contribution < 1.29 is 9.53 Å². The molecular formula is C17H20N2O2. The molecule has 1 amide bonds. The lowest BCUT2D eigenvalue weighted by molar-refractivity contribution is -0.120. The third kappa shape index (κ3) is 4.07. The molecular weight excluding hydrogens is 264 g/mol. The van der Waals surface area contributed by atoms with Gasteiger partial charge in [-0.05, 0) is 42.2 Å². The zero-order chi connectivity index (χ0) is 15.2. The zero-order valence-electron chi connectivity index (χ0n) is 12.3. The van der Waals surface area contributed by atoms with Crippen LogP contribution in [0.3, 0.4) is 0 Å². The van der Waals surface area contributed by atoms with Crippen LogP contribution in [0.15, 0.2) is 42.5 Å². The van der Waals surface area contributed by atoms with Gasteiger partial charge < -0.3 is 4.74 Å². The van der Waals surface area contributed by atoms with Crippen molar-refractivity contribution in [3.63, 3.8) is 0 Å². The number of hydrazine groups is 1. The molecule has 0 fully saturated rings. The second-order valence-corrected chi connectivity index (χ2v) is 5.07. The van der Waals surface area contributed by atoms with Gasteiger partial charge in [-0.1, -0.05) is 36.4 Å². The van der Waals surface area contributed by atoms with Crippen molar-refractivity contribution >= 4 is 5.91 Å². The molecule has 0 atom stereocenters. The minimum absolute atomic E-state index is 0.214. The second-order valence-electron chi connectivity index (χ2n) is 5.07. The molecule has 0 spiro atoms. The highest BCUT2D eigenvalue weighted by atomic mass is 16.5. The number of carbonyl (C=O) groups excluding carboxylic acids is 1. The minimum atomic E-state index is -0.214. The predicted molar refractivity (Wildman–Crippen MR) is 82.7 cm³/mol. The van der Waals surface area contributed by atoms with E-state index in [0.717, 1.165) is 28.0 Å². The summed E-state index contributed by atoms with van der Waals surface area (Å²) in [6, 6.07) is 13.8. The van der Waals surface area contributed by atoms with E-state index in [9.17, 15) is 4.79 Å². The molecule has 4 nitrogen and oxygen atoms in total. The molecule has 2 aromatic rings. The molecule has 110 valence electrons. The van der Waals surface area contributed by atoms with Crippen molar-refractivity contribution in [1.82, 2.24) is 5.43 Å². The lowest BCUT2D eigenvalue weighted by atomic mass is 10.0. The fourth-order valence-electron chi connectivity index (χ4n) is 2.11. The van der Waals surface area contributed by atoms with Gasteiger partial charge in [-0.15, -0.1) is 0 Å². The highest BCUT2D eigenvalue weighted by molar-refractivity contribution is 5.78. The molecule has 0 aliphatic carbocycles. The summed E-state index contributed by atoms with van der Waals surface area (Å²) >= 11 is 0. The van der Waals surface area contributed by atoms with Crippen molar-refractivity contribution in [3.05, 3.63) is 64.7 Å². The molecule has 2 aromatic carbocycles. The zero-order valence-corrected chi connectivity index (χ0v) is 12.3. The molecule has 3 N–H and O–H groups in total. The lowest BCUT2D eigenvalue weighted by Gasteiger charge is -2.13. The van der Waals surface area contributed by atoms with Gasteiger partial charge in [0.2, 0.25) is 5.91 Å². The van der Waals surface area contributed by atoms with Crippen molar-refractivity contribution in [2.24, 2.45) is 5.84 Å². The minimum Gasteiger partial charge on any atom is -0.489 e. The standard InChI is InChI=1S/C17H20N2O2/c1-12-7-8-13(2)16(9-12)21-11-15-6-4-3-5-14(15)10-17(20)19-18/h3-9H,10-11,18H2,1-2H3,(H,19,20). The molecule has 0 heterocycles. The fraction of sp³-hybridized carbons (Fsp3) is 0.235. The van der Waals surface area contributed by atoms with Gasteiger partial charge >= 0.3 is 0 Å². The highest BCUT2D eigenvalue weighted by Crippen LogP contribution is 2.21. The molecule has 0 saturated carbocycles. The van der Waals surface area contributed by atoms with Crippen LogP contribution in [0.25, 0.3) is 0 Å². The number of amides is 1. The summed E-state index contributed by atoms with van der Waals surface area (Å²) in [5, 5.41) is 0. The molecule has 0 aliphatic rings. The van der Waals surface area contributed by atoms with Gasteiger partial charge in [0.25, 0.3) is 0 Å². The quantitative estimate of drug-likeness (QED) is 0.503. The Morgan fingerprint density at radius 1 is 1.14 bits per heavy atom. The number of nitrogens with two attached hydrogens (primary N) is 1. The maximum Gasteiger partial charge on any atom is 0.238 e. The van der Waals surface area contributed by atoms with Gasteiger partial charge in [0.1, 0.15) is 12.4 Å². The summed E-state index contributed by atoms with van der Waals surface area (Å²) in [6.45, 7) is 4.48. The van der Waals surface area contributed by atoms with Crippen LogP contribution in [0.5, 0.6) is 5.75 Å². The molecule has 0 aliphatic heterocycles. The van der Waals surface area contributed by atoms with Crippen LogP contribution in [-0.4, -0.2) is 5.91 Å². The lowest BCUT2D eigenvalue weighted by Crippen LogP contribution is -2.31. The Bertz CT molecular complexity index is 638. The van der Waals surface area contributed by atoms with E-state index >= 15 is 0 Å². The van der Waals surface area contributed by atoms with E-state index in [4.69, 9.17) is 10.6 Å². The number of ether oxygens (including phenoxy) is 1. The number of rotatable bonds is 5. The van der Waals surface area contributed by atoms with Crippen LogP contribution in [0.2, 0.25) is 0 Å². The average Bonchev–Trinajstić information content (AvgIpc) is 2.49. The first-order chi connectivity index (χ1) is 10.1. The number of carbonyl (C=O) groups is 1. The SMILES string of the molecule is Cc1ccc(C)c(OCc2ccccc2CC(=O)NN)c1. The molecule has 0 bridgehead atoms. The first-order valence-corrected chi connectivity index (χ1v) is 6.86. The van der Waals surface area contributed by atoms with Crippen molar-refractivity contribution in [1.29, 1.82) is 0 Å². The van der Waals surface area contributed by atoms with Crippen LogP contribution < -0.4 is 16.0 Å². The Kier molecular flexibility index (Phi) is 4.95. The summed E-state index contributed by atoms with van der Waals surface area (Å²) in [7, 11) is 0. The van der Waals surface area contributed by atoms with Crippen molar-refractivity contribution in [2.45, 2.75) is 26.9 Å². The van der Waals surface area contributed by atoms with Crippen LogP contribution in [0.1, 0.15) is 22.3 Å². The first-order valence-electron chi connectivity index (χ1n) is 6.86. The Morgan fingerprint density at radius 2 is 1.86 bits per heavy atom. The van der Waals surface area contributed by atoms with Crippen LogP contribution in [0.4, 0.5) is 0 Å². The molecule has 2 rings (SSSR count). The van der Waals surface area contributed by atoms with Gasteiger partial charge in [-0.3, -0.25) is 10.2 Å². The molecule has 0 aromatic heterocycles. The van der Waals surface area contributed by atoms with Gasteiger partial charge in [0.15, 0.2) is 0 Å². The van der Waals surface area contributed by atoms with Crippen molar-refractivity contribution in [3.8, 4) is 5.75 Å². The number of nitrogens with one attached hydrogen (secondary N) is 1. The maximum absolute atomic E-state index is 11.4. The summed E-state index contributed by atoms with van der Waals surface area (Å²) < 4.78 is 5.90. The average molecular weight is 284 g/mol. The monoisotopic (exact) mass is 284 g/mol. The Labute approximate surface area is 124 Å². The fourth-order valence-corrected chi connectivity index (χ4v) is 2.11. The summed E-state index contributed by atoms with van der Waals surface area (Å²) in [4.78, 5) is 11.4. The smallest absolute Gasteiger partial charge is 0.238 e. The molecule has 0 radical (unpaired) electrons. The van der Waals surface area contributed by atoms with E-state index in [1.807, 2.05) is 50.2 Å². The van der Waals surface area contributed by atoms with Crippen molar-refractivity contribution in [2.75, 3.05) is 0 Å². The summed E-state index contributed by atoms with van der Waals surface area (Å²) in [6.07, 6.45) is 0.253. The Balaban J connectivity index is 2.13. The topological polar surface area (TPSA) is 64.3 Å². The van der Waals surface area contributed by atoms with Gasteiger partial charge in [0, 0.05) is 0 Å². The molecule has 0 unspecified atom stereocenters. The normalized spacial score (nSPS) is 10.2. The summed E-state index contributed by atoms with van der Waals surface area (Å²) in [5.74, 6) is 5.80. The van der Waals surface area contributed by atoms with Gasteiger partial charge in [-0.2, -0.15) is 0 Å². The Morgan fingerprint density at radius 3 is 2.57 bits per heavy atom. The maximum atomic E-state index is 11.4. The van der Waals surface area contributed by atoms with E-state index < -0.39 is 0 Å². The number of hydrogen-bond donors (Lipinski definition) is 2.